The Morgan fingerprint density at radius 3 is 2.83 bits per heavy atom. The molecule has 0 aliphatic carbocycles. The van der Waals surface area contributed by atoms with Crippen LogP contribution in [0, 0.1) is 0 Å². The number of amides is 1. The molecule has 0 bridgehead atoms. The van der Waals surface area contributed by atoms with E-state index in [0.717, 1.165) is 25.1 Å². The number of nitrogens with one attached hydrogen (secondary N) is 3. The van der Waals surface area contributed by atoms with Gasteiger partial charge in [-0.15, -0.1) is 0 Å². The number of rotatable bonds is 5. The normalized spacial score (nSPS) is 22.9. The van der Waals surface area contributed by atoms with Gasteiger partial charge in [0.2, 0.25) is 5.91 Å². The van der Waals surface area contributed by atoms with E-state index in [1.54, 1.807) is 0 Å². The highest BCUT2D eigenvalue weighted by atomic mass is 16.1. The Balaban J connectivity index is 1.69. The highest BCUT2D eigenvalue weighted by Gasteiger charge is 2.27. The summed E-state index contributed by atoms with van der Waals surface area (Å²) in [7, 11) is 0. The highest BCUT2D eigenvalue weighted by molar-refractivity contribution is 5.78. The molecule has 1 aliphatic heterocycles. The molecule has 2 rings (SSSR count). The molecule has 1 aromatic rings. The third-order valence-corrected chi connectivity index (χ3v) is 3.38. The summed E-state index contributed by atoms with van der Waals surface area (Å²) in [6.45, 7) is 5.08. The average Bonchev–Trinajstić information content (AvgIpc) is 2.83. The van der Waals surface area contributed by atoms with Gasteiger partial charge in [0.05, 0.1) is 6.54 Å². The van der Waals surface area contributed by atoms with E-state index in [4.69, 9.17) is 0 Å². The van der Waals surface area contributed by atoms with Crippen LogP contribution in [0.4, 0.5) is 0 Å². The maximum absolute atomic E-state index is 11.7. The monoisotopic (exact) mass is 247 g/mol. The third kappa shape index (κ3) is 3.82. The summed E-state index contributed by atoms with van der Waals surface area (Å²) >= 11 is 0. The Morgan fingerprint density at radius 2 is 2.17 bits per heavy atom. The van der Waals surface area contributed by atoms with Crippen LogP contribution >= 0.6 is 0 Å². The van der Waals surface area contributed by atoms with Gasteiger partial charge in [0.15, 0.2) is 0 Å². The van der Waals surface area contributed by atoms with Crippen molar-refractivity contribution in [3.8, 4) is 0 Å². The first-order valence-electron chi connectivity index (χ1n) is 6.44. The summed E-state index contributed by atoms with van der Waals surface area (Å²) in [4.78, 5) is 11.7. The van der Waals surface area contributed by atoms with Crippen molar-refractivity contribution >= 4 is 5.91 Å². The Hall–Kier alpha value is -1.39. The molecule has 0 saturated carbocycles. The first-order valence-corrected chi connectivity index (χ1v) is 6.44. The van der Waals surface area contributed by atoms with Crippen molar-refractivity contribution in [1.82, 2.24) is 16.0 Å². The second kappa shape index (κ2) is 5.98. The number of carbonyl (C=O) groups is 1. The summed E-state index contributed by atoms with van der Waals surface area (Å²) in [5.74, 6) is 0.0481. The van der Waals surface area contributed by atoms with Crippen LogP contribution in [0.2, 0.25) is 0 Å². The van der Waals surface area contributed by atoms with Crippen molar-refractivity contribution in [2.45, 2.75) is 25.4 Å². The van der Waals surface area contributed by atoms with E-state index in [1.807, 2.05) is 30.3 Å². The lowest BCUT2D eigenvalue weighted by Crippen LogP contribution is -2.48. The van der Waals surface area contributed by atoms with Gasteiger partial charge >= 0.3 is 0 Å². The fourth-order valence-corrected chi connectivity index (χ4v) is 2.12. The van der Waals surface area contributed by atoms with Gasteiger partial charge in [-0.05, 0) is 25.5 Å². The lowest BCUT2D eigenvalue weighted by molar-refractivity contribution is -0.120. The maximum Gasteiger partial charge on any atom is 0.234 e. The van der Waals surface area contributed by atoms with Gasteiger partial charge in [0, 0.05) is 18.6 Å². The first kappa shape index (κ1) is 13.1. The van der Waals surface area contributed by atoms with Crippen LogP contribution in [0.3, 0.4) is 0 Å². The molecular formula is C14H21N3O. The Bertz CT molecular complexity index is 385. The fourth-order valence-electron chi connectivity index (χ4n) is 2.12. The van der Waals surface area contributed by atoms with Gasteiger partial charge in [-0.3, -0.25) is 4.79 Å². The smallest absolute Gasteiger partial charge is 0.234 e. The van der Waals surface area contributed by atoms with E-state index >= 15 is 0 Å². The quantitative estimate of drug-likeness (QED) is 0.716. The molecule has 1 amide bonds. The summed E-state index contributed by atoms with van der Waals surface area (Å²) in [6.07, 6.45) is 1.07. The average molecular weight is 247 g/mol. The SMILES string of the molecule is CC1(NCC(=O)NCc2ccccc2)CCNC1. The number of hydrogen-bond donors (Lipinski definition) is 3. The molecule has 1 fully saturated rings. The zero-order valence-corrected chi connectivity index (χ0v) is 10.8. The Labute approximate surface area is 108 Å². The van der Waals surface area contributed by atoms with Crippen LogP contribution in [0.5, 0.6) is 0 Å². The van der Waals surface area contributed by atoms with Crippen molar-refractivity contribution in [2.75, 3.05) is 19.6 Å². The van der Waals surface area contributed by atoms with Crippen LogP contribution in [-0.2, 0) is 11.3 Å². The summed E-state index contributed by atoms with van der Waals surface area (Å²) in [6, 6.07) is 9.95. The zero-order valence-electron chi connectivity index (χ0n) is 10.8. The van der Waals surface area contributed by atoms with Gasteiger partial charge < -0.3 is 16.0 Å². The molecule has 3 N–H and O–H groups in total. The van der Waals surface area contributed by atoms with Crippen LogP contribution < -0.4 is 16.0 Å². The lowest BCUT2D eigenvalue weighted by Gasteiger charge is -2.24. The Morgan fingerprint density at radius 1 is 1.39 bits per heavy atom. The molecule has 1 aliphatic rings. The van der Waals surface area contributed by atoms with Crippen molar-refractivity contribution in [2.24, 2.45) is 0 Å². The molecule has 4 heteroatoms. The second-order valence-electron chi connectivity index (χ2n) is 5.10. The molecule has 0 radical (unpaired) electrons. The standard InChI is InChI=1S/C14H21N3O/c1-14(7-8-15-11-14)17-10-13(18)16-9-12-5-3-2-4-6-12/h2-6,15,17H,7-11H2,1H3,(H,16,18). The number of hydrogen-bond acceptors (Lipinski definition) is 3. The molecule has 0 spiro atoms. The minimum atomic E-state index is 0.0481. The lowest BCUT2D eigenvalue weighted by atomic mass is 10.0. The van der Waals surface area contributed by atoms with Gasteiger partial charge in [0.25, 0.3) is 0 Å². The van der Waals surface area contributed by atoms with Crippen molar-refractivity contribution in [3.63, 3.8) is 0 Å². The summed E-state index contributed by atoms with van der Waals surface area (Å²) in [5, 5.41) is 9.54. The molecule has 1 atom stereocenters. The maximum atomic E-state index is 11.7. The van der Waals surface area contributed by atoms with Gasteiger partial charge in [-0.1, -0.05) is 30.3 Å². The van der Waals surface area contributed by atoms with Crippen LogP contribution in [0.1, 0.15) is 18.9 Å². The van der Waals surface area contributed by atoms with E-state index in [1.165, 1.54) is 0 Å². The molecule has 1 heterocycles. The van der Waals surface area contributed by atoms with E-state index < -0.39 is 0 Å². The van der Waals surface area contributed by atoms with Crippen molar-refractivity contribution in [3.05, 3.63) is 35.9 Å². The van der Waals surface area contributed by atoms with Gasteiger partial charge in [-0.2, -0.15) is 0 Å². The highest BCUT2D eigenvalue weighted by Crippen LogP contribution is 2.12. The number of benzene rings is 1. The molecule has 98 valence electrons. The van der Waals surface area contributed by atoms with E-state index in [9.17, 15) is 4.79 Å². The van der Waals surface area contributed by atoms with Crippen molar-refractivity contribution in [1.29, 1.82) is 0 Å². The predicted molar refractivity (Wildman–Crippen MR) is 72.2 cm³/mol. The molecule has 1 saturated heterocycles. The van der Waals surface area contributed by atoms with Crippen molar-refractivity contribution < 1.29 is 4.79 Å². The Kier molecular flexibility index (Phi) is 4.33. The second-order valence-corrected chi connectivity index (χ2v) is 5.10. The minimum Gasteiger partial charge on any atom is -0.351 e. The molecule has 1 aromatic carbocycles. The van der Waals surface area contributed by atoms with E-state index in [0.29, 0.717) is 13.1 Å². The van der Waals surface area contributed by atoms with Gasteiger partial charge in [0.1, 0.15) is 0 Å². The van der Waals surface area contributed by atoms with E-state index in [-0.39, 0.29) is 11.4 Å². The molecule has 1 unspecified atom stereocenters. The van der Waals surface area contributed by atoms with Crippen LogP contribution in [-0.4, -0.2) is 31.1 Å². The fraction of sp³-hybridized carbons (Fsp3) is 0.500. The first-order chi connectivity index (χ1) is 8.68. The summed E-state index contributed by atoms with van der Waals surface area (Å²) in [5.41, 5.74) is 1.18. The molecule has 4 nitrogen and oxygen atoms in total. The predicted octanol–water partition coefficient (Wildman–Crippen LogP) is 0.644. The molecule has 0 aromatic heterocycles. The molecular weight excluding hydrogens is 226 g/mol. The molecule has 18 heavy (non-hydrogen) atoms. The third-order valence-electron chi connectivity index (χ3n) is 3.38. The van der Waals surface area contributed by atoms with Gasteiger partial charge in [-0.25, -0.2) is 0 Å². The summed E-state index contributed by atoms with van der Waals surface area (Å²) < 4.78 is 0. The topological polar surface area (TPSA) is 53.2 Å². The van der Waals surface area contributed by atoms with E-state index in [2.05, 4.69) is 22.9 Å². The number of carbonyl (C=O) groups excluding carboxylic acids is 1. The largest absolute Gasteiger partial charge is 0.351 e. The minimum absolute atomic E-state index is 0.0481. The van der Waals surface area contributed by atoms with Crippen LogP contribution in [0.15, 0.2) is 30.3 Å². The van der Waals surface area contributed by atoms with Crippen LogP contribution in [0.25, 0.3) is 0 Å². The zero-order chi connectivity index (χ0) is 12.8.